The highest BCUT2D eigenvalue weighted by Crippen LogP contribution is 2.30. The lowest BCUT2D eigenvalue weighted by molar-refractivity contribution is 0.392. The number of nitrogens with zero attached hydrogens (tertiary/aromatic N) is 4. The second kappa shape index (κ2) is 5.79. The fraction of sp³-hybridized carbons (Fsp3) is 0.235. The van der Waals surface area contributed by atoms with Crippen LogP contribution in [-0.2, 0) is 5.75 Å². The minimum atomic E-state index is 0.725. The molecule has 3 heterocycles. The molecule has 0 fully saturated rings. The van der Waals surface area contributed by atoms with Gasteiger partial charge in [-0.1, -0.05) is 28.5 Å². The van der Waals surface area contributed by atoms with Crippen molar-refractivity contribution in [2.24, 2.45) is 0 Å². The fourth-order valence-corrected chi connectivity index (χ4v) is 4.11. The molecule has 4 rings (SSSR count). The number of halogens is 1. The second-order valence-corrected chi connectivity index (χ2v) is 7.14. The molecule has 0 aliphatic rings. The Balaban J connectivity index is 1.82. The third-order valence-electron chi connectivity index (χ3n) is 4.16. The van der Waals surface area contributed by atoms with Gasteiger partial charge < -0.3 is 4.52 Å². The monoisotopic (exact) mass is 358 g/mol. The molecule has 0 atom stereocenters. The maximum Gasteiger partial charge on any atom is 0.196 e. The van der Waals surface area contributed by atoms with E-state index in [1.165, 1.54) is 0 Å². The van der Waals surface area contributed by atoms with Gasteiger partial charge in [0.25, 0.3) is 0 Å². The maximum absolute atomic E-state index is 6.16. The summed E-state index contributed by atoms with van der Waals surface area (Å²) in [6, 6.07) is 7.92. The van der Waals surface area contributed by atoms with Crippen LogP contribution in [-0.4, -0.2) is 19.8 Å². The van der Waals surface area contributed by atoms with E-state index in [1.54, 1.807) is 11.8 Å². The highest BCUT2D eigenvalue weighted by atomic mass is 35.5. The van der Waals surface area contributed by atoms with E-state index in [-0.39, 0.29) is 0 Å². The number of aromatic nitrogens is 4. The van der Waals surface area contributed by atoms with Crippen LogP contribution in [0, 0.1) is 20.8 Å². The smallest absolute Gasteiger partial charge is 0.196 e. The number of aryl methyl sites for hydroxylation is 3. The van der Waals surface area contributed by atoms with Gasteiger partial charge in [0.05, 0.1) is 11.2 Å². The first-order valence-electron chi connectivity index (χ1n) is 7.53. The van der Waals surface area contributed by atoms with E-state index in [2.05, 4.69) is 26.7 Å². The van der Waals surface area contributed by atoms with Gasteiger partial charge in [0.15, 0.2) is 10.8 Å². The number of hydrogen-bond acceptors (Lipinski definition) is 5. The fourth-order valence-electron chi connectivity index (χ4n) is 2.83. The number of hydrogen-bond donors (Lipinski definition) is 0. The van der Waals surface area contributed by atoms with Crippen LogP contribution in [0.25, 0.3) is 16.6 Å². The zero-order valence-electron chi connectivity index (χ0n) is 13.5. The molecular weight excluding hydrogens is 344 g/mol. The van der Waals surface area contributed by atoms with Crippen LogP contribution >= 0.6 is 23.4 Å². The van der Waals surface area contributed by atoms with Gasteiger partial charge in [-0.25, -0.2) is 0 Å². The van der Waals surface area contributed by atoms with Crippen molar-refractivity contribution < 1.29 is 4.52 Å². The molecule has 24 heavy (non-hydrogen) atoms. The number of rotatable bonds is 3. The highest BCUT2D eigenvalue weighted by molar-refractivity contribution is 7.98. The summed E-state index contributed by atoms with van der Waals surface area (Å²) in [5, 5.41) is 15.4. The Labute approximate surface area is 148 Å². The molecule has 122 valence electrons. The zero-order chi connectivity index (χ0) is 16.8. The SMILES string of the molecule is Cc1noc(C)c1CSc1nnc2cc(C)c3cc(Cl)ccc3n12. The minimum Gasteiger partial charge on any atom is -0.361 e. The molecule has 0 aliphatic heterocycles. The molecule has 3 aromatic heterocycles. The average molecular weight is 359 g/mol. The predicted octanol–water partition coefficient (Wildman–Crippen LogP) is 4.74. The maximum atomic E-state index is 6.16. The van der Waals surface area contributed by atoms with Crippen molar-refractivity contribution in [3.63, 3.8) is 0 Å². The topological polar surface area (TPSA) is 56.2 Å². The molecule has 0 bridgehead atoms. The summed E-state index contributed by atoms with van der Waals surface area (Å²) in [5.41, 5.74) is 5.05. The molecule has 0 spiro atoms. The molecule has 7 heteroatoms. The highest BCUT2D eigenvalue weighted by Gasteiger charge is 2.15. The molecular formula is C17H15ClN4OS. The van der Waals surface area contributed by atoms with E-state index in [0.717, 1.165) is 55.1 Å². The molecule has 0 saturated heterocycles. The van der Waals surface area contributed by atoms with E-state index in [9.17, 15) is 0 Å². The normalized spacial score (nSPS) is 11.7. The third kappa shape index (κ3) is 2.46. The Morgan fingerprint density at radius 3 is 2.75 bits per heavy atom. The van der Waals surface area contributed by atoms with Crippen molar-refractivity contribution in [3.8, 4) is 0 Å². The van der Waals surface area contributed by atoms with E-state index in [0.29, 0.717) is 0 Å². The Morgan fingerprint density at radius 2 is 2.00 bits per heavy atom. The first kappa shape index (κ1) is 15.5. The molecule has 0 unspecified atom stereocenters. The molecule has 0 amide bonds. The summed E-state index contributed by atoms with van der Waals surface area (Å²) >= 11 is 7.78. The lowest BCUT2D eigenvalue weighted by atomic mass is 10.1. The summed E-state index contributed by atoms with van der Waals surface area (Å²) < 4.78 is 7.30. The Kier molecular flexibility index (Phi) is 3.73. The molecule has 5 nitrogen and oxygen atoms in total. The summed E-state index contributed by atoms with van der Waals surface area (Å²) in [5.74, 6) is 1.59. The molecule has 1 aromatic carbocycles. The van der Waals surface area contributed by atoms with Gasteiger partial charge >= 0.3 is 0 Å². The average Bonchev–Trinajstić information content (AvgIpc) is 3.09. The van der Waals surface area contributed by atoms with Gasteiger partial charge in [0, 0.05) is 21.7 Å². The molecule has 0 radical (unpaired) electrons. The van der Waals surface area contributed by atoms with Crippen LogP contribution < -0.4 is 0 Å². The van der Waals surface area contributed by atoms with Crippen LogP contribution in [0.2, 0.25) is 5.02 Å². The van der Waals surface area contributed by atoms with Crippen LogP contribution in [0.5, 0.6) is 0 Å². The van der Waals surface area contributed by atoms with Crippen molar-refractivity contribution in [2.45, 2.75) is 31.7 Å². The largest absolute Gasteiger partial charge is 0.361 e. The quantitative estimate of drug-likeness (QED) is 0.495. The van der Waals surface area contributed by atoms with Crippen LogP contribution in [0.4, 0.5) is 0 Å². The Morgan fingerprint density at radius 1 is 1.17 bits per heavy atom. The van der Waals surface area contributed by atoms with E-state index in [1.807, 2.05) is 38.1 Å². The predicted molar refractivity (Wildman–Crippen MR) is 95.8 cm³/mol. The van der Waals surface area contributed by atoms with Crippen molar-refractivity contribution in [3.05, 3.63) is 51.9 Å². The number of benzene rings is 1. The van der Waals surface area contributed by atoms with Crippen molar-refractivity contribution in [1.29, 1.82) is 0 Å². The van der Waals surface area contributed by atoms with Gasteiger partial charge in [-0.15, -0.1) is 10.2 Å². The molecule has 0 N–H and O–H groups in total. The van der Waals surface area contributed by atoms with Gasteiger partial charge in [-0.05, 0) is 50.6 Å². The van der Waals surface area contributed by atoms with Crippen LogP contribution in [0.1, 0.15) is 22.6 Å². The summed E-state index contributed by atoms with van der Waals surface area (Å²) in [4.78, 5) is 0. The van der Waals surface area contributed by atoms with Gasteiger partial charge in [0.1, 0.15) is 5.76 Å². The second-order valence-electron chi connectivity index (χ2n) is 5.76. The Bertz CT molecular complexity index is 1050. The third-order valence-corrected chi connectivity index (χ3v) is 5.35. The zero-order valence-corrected chi connectivity index (χ0v) is 15.1. The van der Waals surface area contributed by atoms with Crippen LogP contribution in [0.3, 0.4) is 0 Å². The first-order chi connectivity index (χ1) is 11.5. The van der Waals surface area contributed by atoms with Crippen molar-refractivity contribution in [1.82, 2.24) is 19.8 Å². The van der Waals surface area contributed by atoms with E-state index >= 15 is 0 Å². The summed E-state index contributed by atoms with van der Waals surface area (Å²) in [7, 11) is 0. The standard InChI is InChI=1S/C17H15ClN4OS/c1-9-6-16-19-20-17(24-8-14-10(2)21-23-11(14)3)22(16)15-5-4-12(18)7-13(9)15/h4-7H,8H2,1-3H3. The molecule has 4 aromatic rings. The lowest BCUT2D eigenvalue weighted by Crippen LogP contribution is -1.94. The Hall–Kier alpha value is -2.05. The van der Waals surface area contributed by atoms with Crippen LogP contribution in [0.15, 0.2) is 33.9 Å². The number of pyridine rings is 1. The first-order valence-corrected chi connectivity index (χ1v) is 8.89. The summed E-state index contributed by atoms with van der Waals surface area (Å²) in [6.07, 6.45) is 0. The van der Waals surface area contributed by atoms with E-state index in [4.69, 9.17) is 16.1 Å². The van der Waals surface area contributed by atoms with Crippen molar-refractivity contribution in [2.75, 3.05) is 0 Å². The number of fused-ring (bicyclic) bond motifs is 3. The lowest BCUT2D eigenvalue weighted by Gasteiger charge is -2.08. The van der Waals surface area contributed by atoms with Gasteiger partial charge in [-0.2, -0.15) is 0 Å². The summed E-state index contributed by atoms with van der Waals surface area (Å²) in [6.45, 7) is 5.94. The van der Waals surface area contributed by atoms with Gasteiger partial charge in [-0.3, -0.25) is 4.40 Å². The molecule has 0 aliphatic carbocycles. The van der Waals surface area contributed by atoms with E-state index < -0.39 is 0 Å². The van der Waals surface area contributed by atoms with Gasteiger partial charge in [0.2, 0.25) is 0 Å². The minimum absolute atomic E-state index is 0.725. The molecule has 0 saturated carbocycles. The van der Waals surface area contributed by atoms with Crippen molar-refractivity contribution >= 4 is 39.9 Å². The number of thioether (sulfide) groups is 1.